The highest BCUT2D eigenvalue weighted by Crippen LogP contribution is 2.30. The molecular weight excluding hydrogens is 620 g/mol. The van der Waals surface area contributed by atoms with Crippen LogP contribution in [0.2, 0.25) is 0 Å². The summed E-state index contributed by atoms with van der Waals surface area (Å²) in [5, 5.41) is 6.89. The molecule has 0 unspecified atom stereocenters. The molecule has 1 atom stereocenters. The third-order valence-corrected chi connectivity index (χ3v) is 8.98. The number of hydrogen-bond acceptors (Lipinski definition) is 8. The average molecular weight is 659 g/mol. The fourth-order valence-electron chi connectivity index (χ4n) is 4.59. The first-order chi connectivity index (χ1) is 22.7. The Morgan fingerprint density at radius 3 is 2.17 bits per heavy atom. The van der Waals surface area contributed by atoms with E-state index in [0.717, 1.165) is 15.4 Å². The summed E-state index contributed by atoms with van der Waals surface area (Å²) in [6, 6.07) is 29.9. The molecule has 0 bridgehead atoms. The maximum Gasteiger partial charge on any atom is 0.258 e. The number of rotatable bonds is 16. The number of benzene rings is 4. The van der Waals surface area contributed by atoms with E-state index in [4.69, 9.17) is 14.2 Å². The van der Waals surface area contributed by atoms with Crippen LogP contribution in [-0.2, 0) is 26.0 Å². The zero-order valence-electron chi connectivity index (χ0n) is 26.5. The molecule has 0 aromatic heterocycles. The minimum absolute atomic E-state index is 0.0370. The van der Waals surface area contributed by atoms with Gasteiger partial charge in [0.15, 0.2) is 18.1 Å². The Bertz CT molecular complexity index is 1750. The minimum Gasteiger partial charge on any atom is -0.493 e. The number of ether oxygens (including phenoxy) is 3. The first-order valence-corrected chi connectivity index (χ1v) is 16.3. The largest absolute Gasteiger partial charge is 0.493 e. The molecule has 4 rings (SSSR count). The Labute approximate surface area is 275 Å². The molecule has 2 amide bonds. The van der Waals surface area contributed by atoms with Crippen molar-refractivity contribution in [3.63, 3.8) is 0 Å². The smallest absolute Gasteiger partial charge is 0.258 e. The van der Waals surface area contributed by atoms with E-state index < -0.39 is 22.5 Å². The second-order valence-corrected chi connectivity index (χ2v) is 12.4. The van der Waals surface area contributed by atoms with Crippen molar-refractivity contribution in [2.75, 3.05) is 33.9 Å². The van der Waals surface area contributed by atoms with Gasteiger partial charge in [0.25, 0.3) is 11.8 Å². The van der Waals surface area contributed by atoms with Crippen LogP contribution in [0.5, 0.6) is 17.2 Å². The SMILES string of the molecule is COc1ccc(S(=O)(=O)N(CCc2ccccc2)CC(=O)N/N=C\c2ccc(OCC(=O)N[C@@H](C)c3ccccc3)cc2)cc1OC. The van der Waals surface area contributed by atoms with E-state index in [9.17, 15) is 18.0 Å². The number of hydrazone groups is 1. The van der Waals surface area contributed by atoms with Crippen LogP contribution in [0.25, 0.3) is 0 Å². The molecule has 0 heterocycles. The van der Waals surface area contributed by atoms with Crippen molar-refractivity contribution >= 4 is 28.1 Å². The molecular formula is C35H38N4O7S. The topological polar surface area (TPSA) is 136 Å². The summed E-state index contributed by atoms with van der Waals surface area (Å²) < 4.78 is 44.6. The number of sulfonamides is 1. The van der Waals surface area contributed by atoms with Gasteiger partial charge in [-0.15, -0.1) is 0 Å². The molecule has 0 aliphatic carbocycles. The highest BCUT2D eigenvalue weighted by molar-refractivity contribution is 7.89. The highest BCUT2D eigenvalue weighted by Gasteiger charge is 2.27. The standard InChI is InChI=1S/C35H38N4O7S/c1-26(29-12-8-5-9-13-29)37-35(41)25-46-30-16-14-28(15-17-30)23-36-38-34(40)24-39(21-20-27-10-6-4-7-11-27)47(42,43)31-18-19-32(44-2)33(22-31)45-3/h4-19,22-23,26H,20-21,24-25H2,1-3H3,(H,37,41)(H,38,40)/b36-23-/t26-/m0/s1. The zero-order valence-corrected chi connectivity index (χ0v) is 27.3. The van der Waals surface area contributed by atoms with E-state index in [1.165, 1.54) is 38.6 Å². The van der Waals surface area contributed by atoms with Crippen LogP contribution in [-0.4, -0.2) is 64.7 Å². The Morgan fingerprint density at radius 2 is 1.51 bits per heavy atom. The Balaban J connectivity index is 1.34. The number of hydrogen-bond donors (Lipinski definition) is 2. The second-order valence-electron chi connectivity index (χ2n) is 10.4. The third-order valence-electron chi connectivity index (χ3n) is 7.14. The van der Waals surface area contributed by atoms with Gasteiger partial charge in [-0.2, -0.15) is 9.41 Å². The number of carbonyl (C=O) groups excluding carboxylic acids is 2. The lowest BCUT2D eigenvalue weighted by Crippen LogP contribution is -2.40. The summed E-state index contributed by atoms with van der Waals surface area (Å²) in [6.45, 7) is 1.36. The van der Waals surface area contributed by atoms with Crippen LogP contribution in [0.1, 0.15) is 29.7 Å². The minimum atomic E-state index is -4.10. The molecule has 2 N–H and O–H groups in total. The number of amides is 2. The summed E-state index contributed by atoms with van der Waals surface area (Å²) in [7, 11) is -1.22. The van der Waals surface area contributed by atoms with E-state index in [0.29, 0.717) is 23.5 Å². The van der Waals surface area contributed by atoms with Gasteiger partial charge >= 0.3 is 0 Å². The number of carbonyl (C=O) groups is 2. The molecule has 4 aromatic carbocycles. The Hall–Kier alpha value is -5.20. The van der Waals surface area contributed by atoms with Crippen LogP contribution < -0.4 is 25.0 Å². The summed E-state index contributed by atoms with van der Waals surface area (Å²) in [5.41, 5.74) is 4.98. The number of nitrogens with one attached hydrogen (secondary N) is 2. The first kappa shape index (κ1) is 34.7. The van der Waals surface area contributed by atoms with E-state index in [2.05, 4.69) is 15.8 Å². The maximum absolute atomic E-state index is 13.7. The van der Waals surface area contributed by atoms with Gasteiger partial charge in [-0.3, -0.25) is 9.59 Å². The van der Waals surface area contributed by atoms with E-state index in [1.807, 2.05) is 67.6 Å². The van der Waals surface area contributed by atoms with Crippen molar-refractivity contribution in [2.45, 2.75) is 24.3 Å². The predicted octanol–water partition coefficient (Wildman–Crippen LogP) is 4.34. The normalized spacial score (nSPS) is 12.0. The summed E-state index contributed by atoms with van der Waals surface area (Å²) >= 11 is 0. The fraction of sp³-hybridized carbons (Fsp3) is 0.229. The maximum atomic E-state index is 13.7. The van der Waals surface area contributed by atoms with Gasteiger partial charge in [-0.05, 0) is 66.4 Å². The van der Waals surface area contributed by atoms with Crippen molar-refractivity contribution in [2.24, 2.45) is 5.10 Å². The molecule has 0 saturated carbocycles. The molecule has 12 heteroatoms. The zero-order chi connectivity index (χ0) is 33.6. The van der Waals surface area contributed by atoms with Gasteiger partial charge in [0.2, 0.25) is 10.0 Å². The summed E-state index contributed by atoms with van der Waals surface area (Å²) in [6.07, 6.45) is 1.82. The van der Waals surface area contributed by atoms with Crippen molar-refractivity contribution in [3.05, 3.63) is 120 Å². The van der Waals surface area contributed by atoms with E-state index >= 15 is 0 Å². The van der Waals surface area contributed by atoms with Crippen LogP contribution in [0.3, 0.4) is 0 Å². The Morgan fingerprint density at radius 1 is 0.851 bits per heavy atom. The van der Waals surface area contributed by atoms with Crippen molar-refractivity contribution in [3.8, 4) is 17.2 Å². The van der Waals surface area contributed by atoms with Crippen molar-refractivity contribution < 1.29 is 32.2 Å². The molecule has 0 aliphatic rings. The van der Waals surface area contributed by atoms with Gasteiger partial charge in [0.1, 0.15) is 5.75 Å². The molecule has 0 fully saturated rings. The third kappa shape index (κ3) is 10.1. The number of nitrogens with zero attached hydrogens (tertiary/aromatic N) is 2. The number of methoxy groups -OCH3 is 2. The van der Waals surface area contributed by atoms with Gasteiger partial charge in [-0.25, -0.2) is 13.8 Å². The van der Waals surface area contributed by atoms with Gasteiger partial charge in [0.05, 0.1) is 37.9 Å². The predicted molar refractivity (Wildman–Crippen MR) is 179 cm³/mol. The lowest BCUT2D eigenvalue weighted by atomic mass is 10.1. The van der Waals surface area contributed by atoms with Crippen LogP contribution in [0.4, 0.5) is 0 Å². The summed E-state index contributed by atoms with van der Waals surface area (Å²) in [4.78, 5) is 25.2. The van der Waals surface area contributed by atoms with Crippen molar-refractivity contribution in [1.29, 1.82) is 0 Å². The molecule has 0 spiro atoms. The molecule has 0 aliphatic heterocycles. The van der Waals surface area contributed by atoms with Gasteiger partial charge in [-0.1, -0.05) is 60.7 Å². The summed E-state index contributed by atoms with van der Waals surface area (Å²) in [5.74, 6) is 0.258. The lowest BCUT2D eigenvalue weighted by Gasteiger charge is -2.22. The van der Waals surface area contributed by atoms with Gasteiger partial charge < -0.3 is 19.5 Å². The molecule has 0 radical (unpaired) electrons. The van der Waals surface area contributed by atoms with E-state index in [1.54, 1.807) is 24.3 Å². The highest BCUT2D eigenvalue weighted by atomic mass is 32.2. The molecule has 47 heavy (non-hydrogen) atoms. The van der Waals surface area contributed by atoms with Crippen LogP contribution >= 0.6 is 0 Å². The molecule has 0 saturated heterocycles. The van der Waals surface area contributed by atoms with Crippen LogP contribution in [0, 0.1) is 0 Å². The van der Waals surface area contributed by atoms with Crippen molar-refractivity contribution in [1.82, 2.24) is 15.0 Å². The van der Waals surface area contributed by atoms with Gasteiger partial charge in [0, 0.05) is 12.6 Å². The fourth-order valence-corrected chi connectivity index (χ4v) is 6.00. The molecule has 4 aromatic rings. The Kier molecular flexibility index (Phi) is 12.5. The second kappa shape index (κ2) is 16.9. The average Bonchev–Trinajstić information content (AvgIpc) is 3.10. The van der Waals surface area contributed by atoms with Crippen LogP contribution in [0.15, 0.2) is 113 Å². The quantitative estimate of drug-likeness (QED) is 0.135. The monoisotopic (exact) mass is 658 g/mol. The lowest BCUT2D eigenvalue weighted by molar-refractivity contribution is -0.124. The molecule has 246 valence electrons. The van der Waals surface area contributed by atoms with E-state index in [-0.39, 0.29) is 35.7 Å². The molecule has 11 nitrogen and oxygen atoms in total. The first-order valence-electron chi connectivity index (χ1n) is 14.8.